The first-order chi connectivity index (χ1) is 13.4. The Kier molecular flexibility index (Phi) is 6.39. The molecule has 2 aromatic carbocycles. The van der Waals surface area contributed by atoms with Crippen LogP contribution in [-0.4, -0.2) is 17.5 Å². The summed E-state index contributed by atoms with van der Waals surface area (Å²) in [4.78, 5) is 16.4. The maximum atomic E-state index is 12.3. The number of carbonyl (C=O) groups is 1. The van der Waals surface area contributed by atoms with Crippen molar-refractivity contribution >= 4 is 34.8 Å². The highest BCUT2D eigenvalue weighted by molar-refractivity contribution is 6.35. The Morgan fingerprint density at radius 1 is 1.07 bits per heavy atom. The predicted octanol–water partition coefficient (Wildman–Crippen LogP) is 5.82. The molecule has 0 saturated heterocycles. The van der Waals surface area contributed by atoms with E-state index in [9.17, 15) is 4.79 Å². The molecule has 0 saturated carbocycles. The number of aromatic nitrogens is 1. The maximum absolute atomic E-state index is 12.3. The predicted molar refractivity (Wildman–Crippen MR) is 111 cm³/mol. The number of nitrogens with one attached hydrogen (secondary N) is 1. The van der Waals surface area contributed by atoms with Crippen LogP contribution in [-0.2, 0) is 4.79 Å². The minimum atomic E-state index is -0.314. The van der Waals surface area contributed by atoms with Crippen molar-refractivity contribution in [3.05, 3.63) is 75.9 Å². The lowest BCUT2D eigenvalue weighted by Gasteiger charge is -2.13. The van der Waals surface area contributed by atoms with Crippen molar-refractivity contribution in [1.82, 2.24) is 4.98 Å². The Labute approximate surface area is 173 Å². The third-order valence-electron chi connectivity index (χ3n) is 3.83. The number of halogens is 2. The van der Waals surface area contributed by atoms with Gasteiger partial charge in [-0.15, -0.1) is 0 Å². The number of aryl methyl sites for hydroxylation is 2. The van der Waals surface area contributed by atoms with E-state index in [1.807, 2.05) is 32.0 Å². The minimum absolute atomic E-state index is 0.127. The van der Waals surface area contributed by atoms with Gasteiger partial charge in [0.15, 0.2) is 12.4 Å². The smallest absolute Gasteiger partial charge is 0.262 e. The van der Waals surface area contributed by atoms with Crippen molar-refractivity contribution < 1.29 is 14.3 Å². The van der Waals surface area contributed by atoms with Gasteiger partial charge in [0.25, 0.3) is 5.91 Å². The summed E-state index contributed by atoms with van der Waals surface area (Å²) in [6.45, 7) is 3.81. The van der Waals surface area contributed by atoms with Crippen LogP contribution in [0.3, 0.4) is 0 Å². The number of anilines is 1. The fourth-order valence-corrected chi connectivity index (χ4v) is 2.95. The monoisotopic (exact) mass is 416 g/mol. The number of hydrogen-bond donors (Lipinski definition) is 1. The summed E-state index contributed by atoms with van der Waals surface area (Å²) >= 11 is 12.0. The van der Waals surface area contributed by atoms with Crippen LogP contribution in [0.4, 0.5) is 5.69 Å². The molecule has 0 bridgehead atoms. The van der Waals surface area contributed by atoms with Crippen LogP contribution in [0, 0.1) is 13.8 Å². The van der Waals surface area contributed by atoms with Crippen LogP contribution in [0.1, 0.15) is 11.1 Å². The molecule has 7 heteroatoms. The molecule has 3 rings (SSSR count). The number of para-hydroxylation sites is 2. The SMILES string of the molecule is Cc1ccc(OCC(=O)Nc2ccccc2Oc2ncc(Cl)cc2Cl)c(C)c1. The zero-order valence-corrected chi connectivity index (χ0v) is 16.8. The average molecular weight is 417 g/mol. The van der Waals surface area contributed by atoms with Gasteiger partial charge in [-0.1, -0.05) is 53.0 Å². The van der Waals surface area contributed by atoms with Gasteiger partial charge in [-0.05, 0) is 43.7 Å². The van der Waals surface area contributed by atoms with Crippen molar-refractivity contribution in [2.45, 2.75) is 13.8 Å². The number of amides is 1. The van der Waals surface area contributed by atoms with Crippen LogP contribution >= 0.6 is 23.2 Å². The summed E-state index contributed by atoms with van der Waals surface area (Å²) in [7, 11) is 0. The van der Waals surface area contributed by atoms with E-state index in [4.69, 9.17) is 32.7 Å². The molecule has 0 aliphatic rings. The summed E-state index contributed by atoms with van der Waals surface area (Å²) in [5.74, 6) is 0.951. The van der Waals surface area contributed by atoms with E-state index in [2.05, 4.69) is 10.3 Å². The molecular weight excluding hydrogens is 399 g/mol. The molecule has 0 radical (unpaired) electrons. The molecule has 1 amide bonds. The molecular formula is C21H18Cl2N2O3. The van der Waals surface area contributed by atoms with E-state index in [0.717, 1.165) is 11.1 Å². The number of ether oxygens (including phenoxy) is 2. The molecule has 0 spiro atoms. The number of carbonyl (C=O) groups excluding carboxylic acids is 1. The number of nitrogens with zero attached hydrogens (tertiary/aromatic N) is 1. The second-order valence-corrected chi connectivity index (χ2v) is 6.99. The highest BCUT2D eigenvalue weighted by Crippen LogP contribution is 2.33. The van der Waals surface area contributed by atoms with Gasteiger partial charge in [0.05, 0.1) is 10.7 Å². The number of hydrogen-bond acceptors (Lipinski definition) is 4. The lowest BCUT2D eigenvalue weighted by atomic mass is 10.1. The molecule has 1 heterocycles. The van der Waals surface area contributed by atoms with Gasteiger partial charge in [0, 0.05) is 6.20 Å². The molecule has 0 aliphatic heterocycles. The molecule has 28 heavy (non-hydrogen) atoms. The molecule has 1 aromatic heterocycles. The van der Waals surface area contributed by atoms with E-state index in [1.54, 1.807) is 24.3 Å². The van der Waals surface area contributed by atoms with Gasteiger partial charge < -0.3 is 14.8 Å². The van der Waals surface area contributed by atoms with E-state index >= 15 is 0 Å². The van der Waals surface area contributed by atoms with Crippen LogP contribution in [0.5, 0.6) is 17.4 Å². The van der Waals surface area contributed by atoms with E-state index < -0.39 is 0 Å². The Morgan fingerprint density at radius 2 is 1.86 bits per heavy atom. The van der Waals surface area contributed by atoms with Gasteiger partial charge >= 0.3 is 0 Å². The summed E-state index contributed by atoms with van der Waals surface area (Å²) in [5, 5.41) is 3.45. The van der Waals surface area contributed by atoms with Crippen LogP contribution in [0.2, 0.25) is 10.0 Å². The zero-order valence-electron chi connectivity index (χ0n) is 15.3. The first kappa shape index (κ1) is 20.0. The van der Waals surface area contributed by atoms with Crippen LogP contribution < -0.4 is 14.8 Å². The molecule has 1 N–H and O–H groups in total. The Balaban J connectivity index is 1.68. The molecule has 144 valence electrons. The fraction of sp³-hybridized carbons (Fsp3) is 0.143. The third kappa shape index (κ3) is 5.15. The first-order valence-electron chi connectivity index (χ1n) is 8.50. The highest BCUT2D eigenvalue weighted by atomic mass is 35.5. The maximum Gasteiger partial charge on any atom is 0.262 e. The second kappa shape index (κ2) is 8.95. The van der Waals surface area contributed by atoms with Crippen molar-refractivity contribution in [3.8, 4) is 17.4 Å². The normalized spacial score (nSPS) is 10.4. The fourth-order valence-electron chi connectivity index (χ4n) is 2.53. The molecule has 0 atom stereocenters. The van der Waals surface area contributed by atoms with E-state index in [0.29, 0.717) is 22.2 Å². The topological polar surface area (TPSA) is 60.5 Å². The van der Waals surface area contributed by atoms with Gasteiger partial charge in [-0.3, -0.25) is 4.79 Å². The van der Waals surface area contributed by atoms with Crippen molar-refractivity contribution in [2.24, 2.45) is 0 Å². The summed E-state index contributed by atoms with van der Waals surface area (Å²) in [5.41, 5.74) is 2.58. The van der Waals surface area contributed by atoms with E-state index in [1.165, 1.54) is 12.3 Å². The van der Waals surface area contributed by atoms with Crippen LogP contribution in [0.15, 0.2) is 54.7 Å². The summed E-state index contributed by atoms with van der Waals surface area (Å²) in [6, 6.07) is 14.3. The first-order valence-corrected chi connectivity index (χ1v) is 9.26. The van der Waals surface area contributed by atoms with Gasteiger partial charge in [0.1, 0.15) is 10.8 Å². The lowest BCUT2D eigenvalue weighted by Crippen LogP contribution is -2.20. The standard InChI is InChI=1S/C21H18Cl2N2O3/c1-13-7-8-18(14(2)9-13)27-12-20(26)25-17-5-3-4-6-19(17)28-21-16(23)10-15(22)11-24-21/h3-11H,12H2,1-2H3,(H,25,26). The quantitative estimate of drug-likeness (QED) is 0.550. The number of benzene rings is 2. The molecule has 0 aliphatic carbocycles. The second-order valence-electron chi connectivity index (χ2n) is 6.14. The molecule has 5 nitrogen and oxygen atoms in total. The summed E-state index contributed by atoms with van der Waals surface area (Å²) in [6.07, 6.45) is 1.43. The van der Waals surface area contributed by atoms with Crippen molar-refractivity contribution in [2.75, 3.05) is 11.9 Å². The van der Waals surface area contributed by atoms with Crippen molar-refractivity contribution in [1.29, 1.82) is 0 Å². The van der Waals surface area contributed by atoms with E-state index in [-0.39, 0.29) is 23.4 Å². The number of pyridine rings is 1. The van der Waals surface area contributed by atoms with Gasteiger partial charge in [-0.2, -0.15) is 0 Å². The Bertz CT molecular complexity index is 1010. The van der Waals surface area contributed by atoms with Crippen molar-refractivity contribution in [3.63, 3.8) is 0 Å². The third-order valence-corrected chi connectivity index (χ3v) is 4.31. The average Bonchev–Trinajstić information content (AvgIpc) is 2.65. The zero-order chi connectivity index (χ0) is 20.1. The highest BCUT2D eigenvalue weighted by Gasteiger charge is 2.12. The van der Waals surface area contributed by atoms with Crippen LogP contribution in [0.25, 0.3) is 0 Å². The molecule has 0 unspecified atom stereocenters. The Hall–Kier alpha value is -2.76. The van der Waals surface area contributed by atoms with Gasteiger partial charge in [-0.25, -0.2) is 4.98 Å². The number of rotatable bonds is 6. The lowest BCUT2D eigenvalue weighted by molar-refractivity contribution is -0.118. The molecule has 3 aromatic rings. The largest absolute Gasteiger partial charge is 0.483 e. The van der Waals surface area contributed by atoms with Gasteiger partial charge in [0.2, 0.25) is 5.88 Å². The Morgan fingerprint density at radius 3 is 2.61 bits per heavy atom. The summed E-state index contributed by atoms with van der Waals surface area (Å²) < 4.78 is 11.3. The molecule has 0 fully saturated rings. The minimum Gasteiger partial charge on any atom is -0.483 e.